The molecule has 1 saturated heterocycles. The van der Waals surface area contributed by atoms with Crippen LogP contribution in [0.4, 0.5) is 4.79 Å². The van der Waals surface area contributed by atoms with Crippen LogP contribution in [0.3, 0.4) is 0 Å². The van der Waals surface area contributed by atoms with Crippen molar-refractivity contribution in [2.75, 3.05) is 20.2 Å². The van der Waals surface area contributed by atoms with E-state index in [9.17, 15) is 14.7 Å². The van der Waals surface area contributed by atoms with Crippen LogP contribution in [0.2, 0.25) is 0 Å². The highest BCUT2D eigenvalue weighted by atomic mass is 16.6. The summed E-state index contributed by atoms with van der Waals surface area (Å²) in [6, 6.07) is 5.20. The predicted octanol–water partition coefficient (Wildman–Crippen LogP) is 3.66. The molecule has 7 heteroatoms. The van der Waals surface area contributed by atoms with Gasteiger partial charge in [-0.1, -0.05) is 6.07 Å². The third kappa shape index (κ3) is 5.77. The third-order valence-corrected chi connectivity index (χ3v) is 4.44. The number of rotatable bonds is 5. The van der Waals surface area contributed by atoms with Gasteiger partial charge in [-0.2, -0.15) is 0 Å². The Morgan fingerprint density at radius 3 is 2.37 bits per heavy atom. The maximum atomic E-state index is 12.1. The fourth-order valence-electron chi connectivity index (χ4n) is 2.93. The van der Waals surface area contributed by atoms with Crippen LogP contribution in [0.25, 0.3) is 0 Å². The summed E-state index contributed by atoms with van der Waals surface area (Å²) in [5, 5.41) is 9.20. The standard InChI is InChI=1S/C20H29NO6/c1-13(18(22)23)16-7-6-15(12-17(16)25-5)26-14-8-10-21(11-9-14)19(24)27-20(2,3)4/h6-7,12-14H,8-11H2,1-5H3,(H,22,23). The Bertz CT molecular complexity index is 674. The van der Waals surface area contributed by atoms with Crippen molar-refractivity contribution in [3.63, 3.8) is 0 Å². The van der Waals surface area contributed by atoms with Crippen molar-refractivity contribution in [1.82, 2.24) is 4.90 Å². The summed E-state index contributed by atoms with van der Waals surface area (Å²) in [4.78, 5) is 25.0. The first-order valence-electron chi connectivity index (χ1n) is 9.16. The number of hydrogen-bond donors (Lipinski definition) is 1. The van der Waals surface area contributed by atoms with Crippen molar-refractivity contribution in [2.24, 2.45) is 0 Å². The molecule has 1 N–H and O–H groups in total. The number of benzene rings is 1. The molecule has 1 aromatic rings. The Labute approximate surface area is 160 Å². The number of hydrogen-bond acceptors (Lipinski definition) is 5. The number of aliphatic carboxylic acids is 1. The largest absolute Gasteiger partial charge is 0.496 e. The number of nitrogens with zero attached hydrogens (tertiary/aromatic N) is 1. The highest BCUT2D eigenvalue weighted by Crippen LogP contribution is 2.32. The number of methoxy groups -OCH3 is 1. The van der Waals surface area contributed by atoms with E-state index in [1.54, 1.807) is 30.0 Å². The average Bonchev–Trinajstić information content (AvgIpc) is 2.60. The zero-order valence-corrected chi connectivity index (χ0v) is 16.7. The Morgan fingerprint density at radius 2 is 1.85 bits per heavy atom. The lowest BCUT2D eigenvalue weighted by atomic mass is 10.00. The van der Waals surface area contributed by atoms with E-state index in [4.69, 9.17) is 14.2 Å². The van der Waals surface area contributed by atoms with Crippen LogP contribution in [0.15, 0.2) is 18.2 Å². The van der Waals surface area contributed by atoms with Gasteiger partial charge in [0.15, 0.2) is 0 Å². The van der Waals surface area contributed by atoms with E-state index in [2.05, 4.69) is 0 Å². The molecule has 1 aliphatic heterocycles. The van der Waals surface area contributed by atoms with Crippen LogP contribution in [0.5, 0.6) is 11.5 Å². The van der Waals surface area contributed by atoms with Gasteiger partial charge in [-0.25, -0.2) is 4.79 Å². The topological polar surface area (TPSA) is 85.3 Å². The summed E-state index contributed by atoms with van der Waals surface area (Å²) in [6.07, 6.45) is 1.09. The molecule has 1 unspecified atom stereocenters. The van der Waals surface area contributed by atoms with Crippen molar-refractivity contribution >= 4 is 12.1 Å². The van der Waals surface area contributed by atoms with Gasteiger partial charge >= 0.3 is 12.1 Å². The first-order valence-corrected chi connectivity index (χ1v) is 9.16. The van der Waals surface area contributed by atoms with Gasteiger partial charge in [0.2, 0.25) is 0 Å². The summed E-state index contributed by atoms with van der Waals surface area (Å²) < 4.78 is 16.7. The summed E-state index contributed by atoms with van der Waals surface area (Å²) in [5.74, 6) is -0.444. The molecule has 0 spiro atoms. The maximum Gasteiger partial charge on any atom is 0.410 e. The second-order valence-electron chi connectivity index (χ2n) is 7.75. The fraction of sp³-hybridized carbons (Fsp3) is 0.600. The molecule has 0 radical (unpaired) electrons. The predicted molar refractivity (Wildman–Crippen MR) is 101 cm³/mol. The molecule has 0 saturated carbocycles. The van der Waals surface area contributed by atoms with Gasteiger partial charge in [0.05, 0.1) is 13.0 Å². The second kappa shape index (κ2) is 8.50. The summed E-state index contributed by atoms with van der Waals surface area (Å²) in [7, 11) is 1.51. The Morgan fingerprint density at radius 1 is 1.22 bits per heavy atom. The zero-order valence-electron chi connectivity index (χ0n) is 16.7. The van der Waals surface area contributed by atoms with E-state index in [0.717, 1.165) is 0 Å². The number of piperidine rings is 1. The maximum absolute atomic E-state index is 12.1. The van der Waals surface area contributed by atoms with Crippen LogP contribution >= 0.6 is 0 Å². The van der Waals surface area contributed by atoms with Crippen molar-refractivity contribution in [3.05, 3.63) is 23.8 Å². The van der Waals surface area contributed by atoms with Crippen molar-refractivity contribution in [1.29, 1.82) is 0 Å². The smallest absolute Gasteiger partial charge is 0.410 e. The second-order valence-corrected chi connectivity index (χ2v) is 7.75. The molecule has 1 aliphatic rings. The van der Waals surface area contributed by atoms with Crippen LogP contribution in [0, 0.1) is 0 Å². The van der Waals surface area contributed by atoms with Crippen molar-refractivity contribution in [3.8, 4) is 11.5 Å². The fourth-order valence-corrected chi connectivity index (χ4v) is 2.93. The third-order valence-electron chi connectivity index (χ3n) is 4.44. The molecule has 0 aliphatic carbocycles. The first-order chi connectivity index (χ1) is 12.6. The highest BCUT2D eigenvalue weighted by molar-refractivity contribution is 5.76. The number of amides is 1. The Kier molecular flexibility index (Phi) is 6.57. The van der Waals surface area contributed by atoms with Gasteiger partial charge in [-0.15, -0.1) is 0 Å². The van der Waals surface area contributed by atoms with Gasteiger partial charge in [0.25, 0.3) is 0 Å². The minimum absolute atomic E-state index is 0.0175. The van der Waals surface area contributed by atoms with Crippen molar-refractivity contribution < 1.29 is 28.9 Å². The number of carbonyl (C=O) groups is 2. The number of carbonyl (C=O) groups excluding carboxylic acids is 1. The minimum atomic E-state index is -0.906. The lowest BCUT2D eigenvalue weighted by Gasteiger charge is -2.33. The molecule has 0 bridgehead atoms. The van der Waals surface area contributed by atoms with Gasteiger partial charge < -0.3 is 24.2 Å². The van der Waals surface area contributed by atoms with E-state index in [-0.39, 0.29) is 12.2 Å². The normalized spacial score (nSPS) is 16.6. The molecule has 1 atom stereocenters. The summed E-state index contributed by atoms with van der Waals surface area (Å²) >= 11 is 0. The lowest BCUT2D eigenvalue weighted by molar-refractivity contribution is -0.138. The quantitative estimate of drug-likeness (QED) is 0.840. The van der Waals surface area contributed by atoms with Crippen LogP contribution in [-0.2, 0) is 9.53 Å². The SMILES string of the molecule is COc1cc(OC2CCN(C(=O)OC(C)(C)C)CC2)ccc1C(C)C(=O)O. The average molecular weight is 379 g/mol. The van der Waals surface area contributed by atoms with Gasteiger partial charge in [-0.05, 0) is 33.8 Å². The molecular weight excluding hydrogens is 350 g/mol. The zero-order chi connectivity index (χ0) is 20.2. The molecule has 0 aromatic heterocycles. The number of carboxylic acid groups (broad SMARTS) is 1. The molecule has 27 heavy (non-hydrogen) atoms. The highest BCUT2D eigenvalue weighted by Gasteiger charge is 2.28. The molecule has 1 amide bonds. The van der Waals surface area contributed by atoms with E-state index < -0.39 is 17.5 Å². The van der Waals surface area contributed by atoms with Crippen LogP contribution in [-0.4, -0.2) is 54.0 Å². The van der Waals surface area contributed by atoms with E-state index >= 15 is 0 Å². The monoisotopic (exact) mass is 379 g/mol. The molecular formula is C20H29NO6. The first kappa shape index (κ1) is 20.9. The van der Waals surface area contributed by atoms with Gasteiger partial charge in [0, 0.05) is 37.6 Å². The Hall–Kier alpha value is -2.44. The minimum Gasteiger partial charge on any atom is -0.496 e. The number of carboxylic acids is 1. The molecule has 1 fully saturated rings. The van der Waals surface area contributed by atoms with Gasteiger partial charge in [-0.3, -0.25) is 4.79 Å². The molecule has 2 rings (SSSR count). The molecule has 150 valence electrons. The molecule has 1 heterocycles. The summed E-state index contributed by atoms with van der Waals surface area (Å²) in [5.41, 5.74) is 0.104. The summed E-state index contributed by atoms with van der Waals surface area (Å²) in [6.45, 7) is 8.32. The van der Waals surface area contributed by atoms with E-state index in [1.807, 2.05) is 20.8 Å². The van der Waals surface area contributed by atoms with Crippen LogP contribution < -0.4 is 9.47 Å². The van der Waals surface area contributed by atoms with E-state index in [1.165, 1.54) is 7.11 Å². The molecule has 1 aromatic carbocycles. The van der Waals surface area contributed by atoms with Crippen LogP contribution in [0.1, 0.15) is 52.0 Å². The Balaban J connectivity index is 1.95. The number of likely N-dealkylation sites (tertiary alicyclic amines) is 1. The van der Waals surface area contributed by atoms with Gasteiger partial charge in [0.1, 0.15) is 23.2 Å². The van der Waals surface area contributed by atoms with Crippen molar-refractivity contribution in [2.45, 2.75) is 58.2 Å². The van der Waals surface area contributed by atoms with E-state index in [0.29, 0.717) is 43.0 Å². The molecule has 7 nitrogen and oxygen atoms in total. The lowest BCUT2D eigenvalue weighted by Crippen LogP contribution is -2.44. The number of ether oxygens (including phenoxy) is 3.